The third-order valence-electron chi connectivity index (χ3n) is 3.62. The Morgan fingerprint density at radius 3 is 2.64 bits per heavy atom. The molecule has 3 rings (SSSR count). The number of urea groups is 1. The molecule has 1 atom stereocenters. The van der Waals surface area contributed by atoms with Crippen molar-refractivity contribution in [2.45, 2.75) is 18.7 Å². The zero-order chi connectivity index (χ0) is 17.8. The molecule has 2 amide bonds. The molecule has 0 saturated carbocycles. The van der Waals surface area contributed by atoms with Gasteiger partial charge < -0.3 is 5.32 Å². The summed E-state index contributed by atoms with van der Waals surface area (Å²) in [6, 6.07) is 14.6. The van der Waals surface area contributed by atoms with Crippen LogP contribution in [0.5, 0.6) is 0 Å². The summed E-state index contributed by atoms with van der Waals surface area (Å²) in [5, 5.41) is 4.82. The number of nitrogens with zero attached hydrogens (tertiary/aromatic N) is 2. The van der Waals surface area contributed by atoms with Crippen molar-refractivity contribution < 1.29 is 4.79 Å². The van der Waals surface area contributed by atoms with Crippen molar-refractivity contribution in [1.82, 2.24) is 4.90 Å². The molecule has 0 spiro atoms. The average molecular weight is 394 g/mol. The Labute approximate surface area is 161 Å². The van der Waals surface area contributed by atoms with E-state index < -0.39 is 0 Å². The van der Waals surface area contributed by atoms with E-state index in [1.807, 2.05) is 30.3 Å². The van der Waals surface area contributed by atoms with Crippen LogP contribution in [-0.4, -0.2) is 27.9 Å². The minimum Gasteiger partial charge on any atom is -0.307 e. The lowest BCUT2D eigenvalue weighted by atomic mass is 10.2. The topological polar surface area (TPSA) is 44.7 Å². The highest BCUT2D eigenvalue weighted by Crippen LogP contribution is 2.27. The number of halogens is 2. The Balaban J connectivity index is 1.80. The maximum absolute atomic E-state index is 12.9. The Hall–Kier alpha value is -1.69. The summed E-state index contributed by atoms with van der Waals surface area (Å²) in [6.07, 6.45) is 0. The molecule has 2 aromatic carbocycles. The van der Waals surface area contributed by atoms with Gasteiger partial charge in [0.2, 0.25) is 0 Å². The van der Waals surface area contributed by atoms with Crippen molar-refractivity contribution in [3.63, 3.8) is 0 Å². The van der Waals surface area contributed by atoms with Crippen molar-refractivity contribution in [1.29, 1.82) is 0 Å². The van der Waals surface area contributed by atoms with Gasteiger partial charge in [0.1, 0.15) is 0 Å². The zero-order valence-electron chi connectivity index (χ0n) is 13.6. The molecule has 1 N–H and O–H groups in total. The summed E-state index contributed by atoms with van der Waals surface area (Å²) in [5.41, 5.74) is 1.63. The van der Waals surface area contributed by atoms with E-state index in [4.69, 9.17) is 23.2 Å². The van der Waals surface area contributed by atoms with Gasteiger partial charge in [-0.2, -0.15) is 0 Å². The highest BCUT2D eigenvalue weighted by Gasteiger charge is 2.26. The Morgan fingerprint density at radius 2 is 2.00 bits per heavy atom. The van der Waals surface area contributed by atoms with Crippen molar-refractivity contribution in [2.75, 3.05) is 11.9 Å². The van der Waals surface area contributed by atoms with Crippen LogP contribution in [0.1, 0.15) is 12.5 Å². The average Bonchev–Trinajstić information content (AvgIpc) is 3.03. The Bertz CT molecular complexity index is 798. The molecule has 0 aliphatic carbocycles. The van der Waals surface area contributed by atoms with Crippen molar-refractivity contribution >= 4 is 51.8 Å². The second kappa shape index (κ2) is 8.13. The number of carbonyl (C=O) groups excluding carboxylic acids is 1. The molecule has 25 heavy (non-hydrogen) atoms. The summed E-state index contributed by atoms with van der Waals surface area (Å²) in [5.74, 6) is 0. The molecular weight excluding hydrogens is 377 g/mol. The lowest BCUT2D eigenvalue weighted by molar-refractivity contribution is 0.233. The smallest absolute Gasteiger partial charge is 0.307 e. The number of rotatable bonds is 3. The first-order valence-electron chi connectivity index (χ1n) is 7.81. The SMILES string of the molecule is CC1CN=C(N(Cc2ccccc2)C(=O)Nc2ccc(Cl)c(Cl)c2)S1. The number of anilines is 1. The van der Waals surface area contributed by atoms with Gasteiger partial charge in [0.15, 0.2) is 5.17 Å². The van der Waals surface area contributed by atoms with Crippen LogP contribution < -0.4 is 5.32 Å². The van der Waals surface area contributed by atoms with Crippen LogP contribution in [0.15, 0.2) is 53.5 Å². The van der Waals surface area contributed by atoms with E-state index in [0.29, 0.717) is 34.1 Å². The summed E-state index contributed by atoms with van der Waals surface area (Å²) < 4.78 is 0. The van der Waals surface area contributed by atoms with E-state index in [-0.39, 0.29) is 6.03 Å². The van der Waals surface area contributed by atoms with Crippen LogP contribution in [0.3, 0.4) is 0 Å². The van der Waals surface area contributed by atoms with Crippen molar-refractivity contribution in [3.05, 3.63) is 64.1 Å². The Morgan fingerprint density at radius 1 is 1.24 bits per heavy atom. The van der Waals surface area contributed by atoms with Gasteiger partial charge in [-0.25, -0.2) is 4.79 Å². The van der Waals surface area contributed by atoms with Crippen LogP contribution in [0.25, 0.3) is 0 Å². The maximum Gasteiger partial charge on any atom is 0.328 e. The molecule has 4 nitrogen and oxygen atoms in total. The fraction of sp³-hybridized carbons (Fsp3) is 0.222. The molecule has 0 bridgehead atoms. The second-order valence-electron chi connectivity index (χ2n) is 5.68. The standard InChI is InChI=1S/C18H17Cl2N3OS/c1-12-10-21-18(25-12)23(11-13-5-3-2-4-6-13)17(24)22-14-7-8-15(19)16(20)9-14/h2-9,12H,10-11H2,1H3,(H,22,24). The summed E-state index contributed by atoms with van der Waals surface area (Å²) in [6.45, 7) is 3.26. The fourth-order valence-electron chi connectivity index (χ4n) is 2.37. The quantitative estimate of drug-likeness (QED) is 0.745. The van der Waals surface area contributed by atoms with Crippen LogP contribution in [0.4, 0.5) is 10.5 Å². The summed E-state index contributed by atoms with van der Waals surface area (Å²) in [4.78, 5) is 19.0. The van der Waals surface area contributed by atoms with Crippen LogP contribution in [0, 0.1) is 0 Å². The van der Waals surface area contributed by atoms with Crippen LogP contribution >= 0.6 is 35.0 Å². The highest BCUT2D eigenvalue weighted by molar-refractivity contribution is 8.14. The monoisotopic (exact) mass is 393 g/mol. The molecule has 130 valence electrons. The predicted molar refractivity (Wildman–Crippen MR) is 107 cm³/mol. The molecule has 1 aliphatic heterocycles. The maximum atomic E-state index is 12.9. The molecule has 1 unspecified atom stereocenters. The molecule has 2 aromatic rings. The lowest BCUT2D eigenvalue weighted by Gasteiger charge is -2.23. The second-order valence-corrected chi connectivity index (χ2v) is 7.90. The van der Waals surface area contributed by atoms with Crippen molar-refractivity contribution in [3.8, 4) is 0 Å². The van der Waals surface area contributed by atoms with E-state index in [1.165, 1.54) is 0 Å². The third kappa shape index (κ3) is 4.69. The van der Waals surface area contributed by atoms with Crippen LogP contribution in [0.2, 0.25) is 10.0 Å². The molecule has 1 aliphatic rings. The normalized spacial score (nSPS) is 16.4. The van der Waals surface area contributed by atoms with Gasteiger partial charge in [-0.05, 0) is 23.8 Å². The molecular formula is C18H17Cl2N3OS. The van der Waals surface area contributed by atoms with E-state index in [9.17, 15) is 4.79 Å². The van der Waals surface area contributed by atoms with Crippen LogP contribution in [-0.2, 0) is 6.54 Å². The number of hydrogen-bond donors (Lipinski definition) is 1. The minimum absolute atomic E-state index is 0.248. The largest absolute Gasteiger partial charge is 0.328 e. The molecule has 0 saturated heterocycles. The highest BCUT2D eigenvalue weighted by atomic mass is 35.5. The van der Waals surface area contributed by atoms with Gasteiger partial charge in [-0.1, -0.05) is 72.2 Å². The van der Waals surface area contributed by atoms with E-state index in [2.05, 4.69) is 17.2 Å². The number of hydrogen-bond acceptors (Lipinski definition) is 3. The van der Waals surface area contributed by atoms with E-state index in [1.54, 1.807) is 34.9 Å². The molecule has 0 fully saturated rings. The number of amidine groups is 1. The number of nitrogens with one attached hydrogen (secondary N) is 1. The van der Waals surface area contributed by atoms with Gasteiger partial charge in [-0.3, -0.25) is 9.89 Å². The van der Waals surface area contributed by atoms with Gasteiger partial charge >= 0.3 is 6.03 Å². The number of carbonyl (C=O) groups is 1. The van der Waals surface area contributed by atoms with Gasteiger partial charge in [-0.15, -0.1) is 0 Å². The van der Waals surface area contributed by atoms with Gasteiger partial charge in [0, 0.05) is 10.9 Å². The summed E-state index contributed by atoms with van der Waals surface area (Å²) >= 11 is 13.6. The third-order valence-corrected chi connectivity index (χ3v) is 5.47. The first-order valence-corrected chi connectivity index (χ1v) is 9.45. The number of benzene rings is 2. The number of aliphatic imine (C=N–C) groups is 1. The molecule has 0 aromatic heterocycles. The fourth-order valence-corrected chi connectivity index (χ4v) is 3.60. The molecule has 7 heteroatoms. The number of thioether (sulfide) groups is 1. The van der Waals surface area contributed by atoms with E-state index in [0.717, 1.165) is 10.7 Å². The van der Waals surface area contributed by atoms with Gasteiger partial charge in [0.05, 0.1) is 23.1 Å². The lowest BCUT2D eigenvalue weighted by Crippen LogP contribution is -2.37. The van der Waals surface area contributed by atoms with Gasteiger partial charge in [0.25, 0.3) is 0 Å². The first kappa shape index (κ1) is 18.1. The molecule has 0 radical (unpaired) electrons. The van der Waals surface area contributed by atoms with E-state index >= 15 is 0 Å². The molecule has 1 heterocycles. The minimum atomic E-state index is -0.248. The first-order chi connectivity index (χ1) is 12.0. The Kier molecular flexibility index (Phi) is 5.89. The zero-order valence-corrected chi connectivity index (χ0v) is 15.9. The predicted octanol–water partition coefficient (Wildman–Crippen LogP) is 5.52. The van der Waals surface area contributed by atoms with Crippen molar-refractivity contribution in [2.24, 2.45) is 4.99 Å². The number of amides is 2. The summed E-state index contributed by atoms with van der Waals surface area (Å²) in [7, 11) is 0.